The summed E-state index contributed by atoms with van der Waals surface area (Å²) in [6.07, 6.45) is 1.41. The molecule has 156 valence electrons. The molecule has 1 saturated heterocycles. The first-order valence-electron chi connectivity index (χ1n) is 9.74. The van der Waals surface area contributed by atoms with Crippen LogP contribution in [-0.4, -0.2) is 38.9 Å². The highest BCUT2D eigenvalue weighted by molar-refractivity contribution is 5.83. The molecule has 1 amide bonds. The van der Waals surface area contributed by atoms with Crippen molar-refractivity contribution in [2.24, 2.45) is 0 Å². The molecule has 0 radical (unpaired) electrons. The first kappa shape index (κ1) is 20.9. The van der Waals surface area contributed by atoms with Gasteiger partial charge in [0.15, 0.2) is 11.5 Å². The SMILES string of the molecule is CCc1ccc(NC2NNNC2C(=O)NCCc2ccc(OC)c(OC)c2)cc1. The van der Waals surface area contributed by atoms with Crippen molar-refractivity contribution in [3.05, 3.63) is 53.6 Å². The number of hydrazine groups is 2. The molecule has 29 heavy (non-hydrogen) atoms. The van der Waals surface area contributed by atoms with E-state index in [1.165, 1.54) is 5.56 Å². The predicted molar refractivity (Wildman–Crippen MR) is 113 cm³/mol. The van der Waals surface area contributed by atoms with Crippen LogP contribution in [0.5, 0.6) is 11.5 Å². The molecular formula is C21H29N5O3. The average Bonchev–Trinajstić information content (AvgIpc) is 3.22. The van der Waals surface area contributed by atoms with E-state index in [9.17, 15) is 4.79 Å². The summed E-state index contributed by atoms with van der Waals surface area (Å²) in [5, 5.41) is 6.31. The highest BCUT2D eigenvalue weighted by Crippen LogP contribution is 2.27. The van der Waals surface area contributed by atoms with Crippen LogP contribution in [0.15, 0.2) is 42.5 Å². The maximum absolute atomic E-state index is 12.6. The first-order valence-corrected chi connectivity index (χ1v) is 9.74. The molecule has 5 N–H and O–H groups in total. The van der Waals surface area contributed by atoms with Crippen molar-refractivity contribution in [3.8, 4) is 11.5 Å². The smallest absolute Gasteiger partial charge is 0.242 e. The summed E-state index contributed by atoms with van der Waals surface area (Å²) >= 11 is 0. The van der Waals surface area contributed by atoms with Crippen LogP contribution in [-0.2, 0) is 17.6 Å². The maximum Gasteiger partial charge on any atom is 0.242 e. The quantitative estimate of drug-likeness (QED) is 0.434. The zero-order valence-corrected chi connectivity index (χ0v) is 17.0. The van der Waals surface area contributed by atoms with Gasteiger partial charge in [0.25, 0.3) is 0 Å². The molecule has 1 fully saturated rings. The van der Waals surface area contributed by atoms with Crippen molar-refractivity contribution in [2.75, 3.05) is 26.1 Å². The Morgan fingerprint density at radius 2 is 1.72 bits per heavy atom. The van der Waals surface area contributed by atoms with Gasteiger partial charge >= 0.3 is 0 Å². The summed E-state index contributed by atoms with van der Waals surface area (Å²) in [4.78, 5) is 12.6. The second-order valence-corrected chi connectivity index (χ2v) is 6.79. The molecule has 2 atom stereocenters. The lowest BCUT2D eigenvalue weighted by Gasteiger charge is -2.20. The largest absolute Gasteiger partial charge is 0.493 e. The number of anilines is 1. The van der Waals surface area contributed by atoms with Crippen molar-refractivity contribution in [1.29, 1.82) is 0 Å². The molecule has 8 nitrogen and oxygen atoms in total. The Bertz CT molecular complexity index is 812. The molecule has 0 saturated carbocycles. The van der Waals surface area contributed by atoms with E-state index in [1.807, 2.05) is 30.3 Å². The molecule has 2 unspecified atom stereocenters. The minimum atomic E-state index is -0.453. The lowest BCUT2D eigenvalue weighted by Crippen LogP contribution is -2.50. The lowest BCUT2D eigenvalue weighted by molar-refractivity contribution is -0.123. The summed E-state index contributed by atoms with van der Waals surface area (Å²) in [5.74, 6) is 1.28. The molecule has 1 aliphatic rings. The molecule has 1 heterocycles. The van der Waals surface area contributed by atoms with Crippen LogP contribution in [0.2, 0.25) is 0 Å². The Labute approximate surface area is 171 Å². The first-order chi connectivity index (χ1) is 14.1. The van der Waals surface area contributed by atoms with Gasteiger partial charge in [-0.05, 0) is 48.2 Å². The lowest BCUT2D eigenvalue weighted by atomic mass is 10.1. The standard InChI is InChI=1S/C21H29N5O3/c1-4-14-5-8-16(9-6-14)23-20-19(24-26-25-20)21(27)22-12-11-15-7-10-17(28-2)18(13-15)29-3/h5-10,13,19-20,23-26H,4,11-12H2,1-3H3,(H,22,27). The molecule has 0 aromatic heterocycles. The van der Waals surface area contributed by atoms with E-state index in [4.69, 9.17) is 9.47 Å². The molecule has 0 bridgehead atoms. The monoisotopic (exact) mass is 399 g/mol. The Morgan fingerprint density at radius 1 is 1.00 bits per heavy atom. The second-order valence-electron chi connectivity index (χ2n) is 6.79. The minimum Gasteiger partial charge on any atom is -0.493 e. The second kappa shape index (κ2) is 10.1. The molecule has 1 aliphatic heterocycles. The fourth-order valence-corrected chi connectivity index (χ4v) is 3.19. The molecule has 0 aliphatic carbocycles. The highest BCUT2D eigenvalue weighted by atomic mass is 16.5. The number of benzene rings is 2. The normalized spacial score (nSPS) is 18.3. The van der Waals surface area contributed by atoms with Gasteiger partial charge in [-0.3, -0.25) is 4.79 Å². The summed E-state index contributed by atoms with van der Waals surface area (Å²) in [7, 11) is 3.22. The fraction of sp³-hybridized carbons (Fsp3) is 0.381. The number of ether oxygens (including phenoxy) is 2. The van der Waals surface area contributed by atoms with E-state index in [1.54, 1.807) is 14.2 Å². The zero-order valence-electron chi connectivity index (χ0n) is 17.0. The number of carbonyl (C=O) groups excluding carboxylic acids is 1. The fourth-order valence-electron chi connectivity index (χ4n) is 3.19. The number of carbonyl (C=O) groups is 1. The van der Waals surface area contributed by atoms with Crippen molar-refractivity contribution in [2.45, 2.75) is 32.0 Å². The Morgan fingerprint density at radius 3 is 2.41 bits per heavy atom. The summed E-state index contributed by atoms with van der Waals surface area (Å²) in [5.41, 5.74) is 12.1. The van der Waals surface area contributed by atoms with Crippen LogP contribution in [0.25, 0.3) is 0 Å². The van der Waals surface area contributed by atoms with Gasteiger partial charge in [-0.1, -0.05) is 25.1 Å². The van der Waals surface area contributed by atoms with Crippen LogP contribution in [0.4, 0.5) is 5.69 Å². The van der Waals surface area contributed by atoms with Gasteiger partial charge in [-0.25, -0.2) is 10.9 Å². The zero-order chi connectivity index (χ0) is 20.6. The number of hydrogen-bond acceptors (Lipinski definition) is 7. The van der Waals surface area contributed by atoms with E-state index in [0.29, 0.717) is 24.5 Å². The number of aryl methyl sites for hydroxylation is 1. The van der Waals surface area contributed by atoms with Crippen LogP contribution in [0.3, 0.4) is 0 Å². The number of amides is 1. The van der Waals surface area contributed by atoms with Crippen LogP contribution < -0.4 is 36.5 Å². The molecule has 2 aromatic carbocycles. The Hall–Kier alpha value is -2.81. The van der Waals surface area contributed by atoms with Gasteiger partial charge in [0.1, 0.15) is 12.2 Å². The molecule has 2 aromatic rings. The predicted octanol–water partition coefficient (Wildman–Crippen LogP) is 1.34. The molecule has 0 spiro atoms. The van der Waals surface area contributed by atoms with E-state index in [2.05, 4.69) is 46.1 Å². The maximum atomic E-state index is 12.6. The van der Waals surface area contributed by atoms with Crippen LogP contribution in [0, 0.1) is 0 Å². The van der Waals surface area contributed by atoms with Gasteiger partial charge in [-0.2, -0.15) is 5.53 Å². The summed E-state index contributed by atoms with van der Waals surface area (Å²) in [6.45, 7) is 2.64. The number of hydrogen-bond donors (Lipinski definition) is 5. The van der Waals surface area contributed by atoms with Gasteiger partial charge in [0, 0.05) is 12.2 Å². The van der Waals surface area contributed by atoms with E-state index >= 15 is 0 Å². The molecular weight excluding hydrogens is 370 g/mol. The van der Waals surface area contributed by atoms with Crippen LogP contribution >= 0.6 is 0 Å². The van der Waals surface area contributed by atoms with E-state index in [-0.39, 0.29) is 12.1 Å². The third-order valence-electron chi connectivity index (χ3n) is 4.92. The third kappa shape index (κ3) is 5.38. The van der Waals surface area contributed by atoms with Gasteiger partial charge in [-0.15, -0.1) is 0 Å². The molecule has 3 rings (SSSR count). The van der Waals surface area contributed by atoms with Crippen molar-refractivity contribution < 1.29 is 14.3 Å². The van der Waals surface area contributed by atoms with Crippen molar-refractivity contribution in [3.63, 3.8) is 0 Å². The van der Waals surface area contributed by atoms with Gasteiger partial charge < -0.3 is 20.1 Å². The van der Waals surface area contributed by atoms with E-state index < -0.39 is 6.04 Å². The van der Waals surface area contributed by atoms with Crippen molar-refractivity contribution >= 4 is 11.6 Å². The van der Waals surface area contributed by atoms with Crippen LogP contribution in [0.1, 0.15) is 18.1 Å². The van der Waals surface area contributed by atoms with Crippen molar-refractivity contribution in [1.82, 2.24) is 21.7 Å². The number of rotatable bonds is 9. The number of nitrogens with one attached hydrogen (secondary N) is 5. The highest BCUT2D eigenvalue weighted by Gasteiger charge is 2.32. The number of methoxy groups -OCH3 is 2. The Kier molecular flexibility index (Phi) is 7.29. The molecule has 8 heteroatoms. The van der Waals surface area contributed by atoms with Gasteiger partial charge in [0.2, 0.25) is 5.91 Å². The van der Waals surface area contributed by atoms with E-state index in [0.717, 1.165) is 17.7 Å². The topological polar surface area (TPSA) is 95.7 Å². The summed E-state index contributed by atoms with van der Waals surface area (Å²) < 4.78 is 10.6. The minimum absolute atomic E-state index is 0.0920. The van der Waals surface area contributed by atoms with Gasteiger partial charge in [0.05, 0.1) is 14.2 Å². The average molecular weight is 399 g/mol. The Balaban J connectivity index is 1.51. The summed E-state index contributed by atoms with van der Waals surface area (Å²) in [6, 6.07) is 13.5. The third-order valence-corrected chi connectivity index (χ3v) is 4.92.